The molecule has 3 aromatic rings. The molecule has 2 aromatic heterocycles. The van der Waals surface area contributed by atoms with E-state index in [2.05, 4.69) is 4.98 Å². The fourth-order valence-electron chi connectivity index (χ4n) is 6.92. The van der Waals surface area contributed by atoms with Crippen LogP contribution in [0.5, 0.6) is 5.88 Å². The maximum Gasteiger partial charge on any atom is 0.275 e. The topological polar surface area (TPSA) is 113 Å². The molecule has 4 atom stereocenters. The lowest BCUT2D eigenvalue weighted by Crippen LogP contribution is -2.58. The first-order valence-corrected chi connectivity index (χ1v) is 14.4. The van der Waals surface area contributed by atoms with Gasteiger partial charge in [0.15, 0.2) is 17.7 Å². The summed E-state index contributed by atoms with van der Waals surface area (Å²) in [5, 5.41) is 5.36. The fraction of sp³-hybridized carbons (Fsp3) is 0.467. The van der Waals surface area contributed by atoms with Crippen LogP contribution < -0.4 is 10.5 Å². The van der Waals surface area contributed by atoms with Gasteiger partial charge in [-0.1, -0.05) is 23.7 Å². The Morgan fingerprint density at radius 3 is 2.83 bits per heavy atom. The number of methoxy groups -OCH3 is 1. The molecule has 0 aliphatic carbocycles. The number of benzene rings is 1. The van der Waals surface area contributed by atoms with E-state index < -0.39 is 17.6 Å². The van der Waals surface area contributed by atoms with Gasteiger partial charge in [-0.2, -0.15) is 5.10 Å². The van der Waals surface area contributed by atoms with Crippen molar-refractivity contribution in [2.75, 3.05) is 13.7 Å². The van der Waals surface area contributed by atoms with Crippen molar-refractivity contribution < 1.29 is 23.5 Å². The monoisotopic (exact) mass is 581 g/mol. The zero-order valence-electron chi connectivity index (χ0n) is 22.9. The van der Waals surface area contributed by atoms with Crippen LogP contribution in [0.15, 0.2) is 42.6 Å². The van der Waals surface area contributed by atoms with Gasteiger partial charge in [0.1, 0.15) is 0 Å². The van der Waals surface area contributed by atoms with Gasteiger partial charge in [0.25, 0.3) is 5.91 Å². The maximum atomic E-state index is 15.1. The summed E-state index contributed by atoms with van der Waals surface area (Å²) in [6.45, 7) is 0.556. The zero-order chi connectivity index (χ0) is 28.7. The number of fused-ring (bicyclic) bond motifs is 2. The number of primary amides is 1. The smallest absolute Gasteiger partial charge is 0.275 e. The molecule has 5 heterocycles. The van der Waals surface area contributed by atoms with Crippen molar-refractivity contribution in [2.24, 2.45) is 11.7 Å². The van der Waals surface area contributed by atoms with E-state index in [1.54, 1.807) is 10.7 Å². The Morgan fingerprint density at radius 1 is 1.24 bits per heavy atom. The number of carbonyl (C=O) groups excluding carboxylic acids is 2. The average Bonchev–Trinajstić information content (AvgIpc) is 3.50. The van der Waals surface area contributed by atoms with Gasteiger partial charge in [-0.05, 0) is 75.1 Å². The van der Waals surface area contributed by atoms with Crippen LogP contribution in [0.25, 0.3) is 11.3 Å². The molecule has 0 spiro atoms. The summed E-state index contributed by atoms with van der Waals surface area (Å²) in [4.78, 5) is 32.6. The quantitative estimate of drug-likeness (QED) is 0.423. The molecule has 3 fully saturated rings. The highest BCUT2D eigenvalue weighted by atomic mass is 35.5. The van der Waals surface area contributed by atoms with Crippen LogP contribution in [0.1, 0.15) is 67.2 Å². The summed E-state index contributed by atoms with van der Waals surface area (Å²) in [6, 6.07) is 10.5. The number of nitrogens with two attached hydrogens (primary N) is 1. The Labute approximate surface area is 242 Å². The molecule has 3 aliphatic rings. The van der Waals surface area contributed by atoms with Crippen LogP contribution in [0, 0.1) is 11.7 Å². The van der Waals surface area contributed by atoms with Gasteiger partial charge in [0.2, 0.25) is 11.8 Å². The highest BCUT2D eigenvalue weighted by molar-refractivity contribution is 6.30. The number of pyridine rings is 1. The Balaban J connectivity index is 1.42. The molecular weight excluding hydrogens is 549 g/mol. The van der Waals surface area contributed by atoms with E-state index in [0.29, 0.717) is 43.0 Å². The molecular formula is C30H33ClFN5O4. The Morgan fingerprint density at radius 2 is 2.10 bits per heavy atom. The van der Waals surface area contributed by atoms with E-state index in [0.717, 1.165) is 37.4 Å². The number of ether oxygens (including phenoxy) is 2. The predicted molar refractivity (Wildman–Crippen MR) is 150 cm³/mol. The minimum Gasteiger partial charge on any atom is -0.481 e. The Hall–Kier alpha value is -3.50. The maximum absolute atomic E-state index is 15.1. The Bertz CT molecular complexity index is 1470. The number of aromatic nitrogens is 3. The van der Waals surface area contributed by atoms with Crippen molar-refractivity contribution in [3.05, 3.63) is 64.7 Å². The van der Waals surface area contributed by atoms with Gasteiger partial charge in [-0.3, -0.25) is 9.59 Å². The van der Waals surface area contributed by atoms with Gasteiger partial charge in [-0.25, -0.2) is 14.1 Å². The van der Waals surface area contributed by atoms with E-state index in [1.807, 2.05) is 29.2 Å². The molecule has 2 amide bonds. The summed E-state index contributed by atoms with van der Waals surface area (Å²) in [7, 11) is 1.46. The Kier molecular flexibility index (Phi) is 7.46. The SMILES string of the molecule is COc1cc(-c2cc(C(=O)N3C4CCC3(Cc3cccc(Cl)c3)CC(C(N)=O)C4)nn2C2CCCCO2)c(F)cn1. The van der Waals surface area contributed by atoms with Crippen molar-refractivity contribution in [3.8, 4) is 17.1 Å². The molecule has 6 rings (SSSR count). The molecule has 4 unspecified atom stereocenters. The first-order chi connectivity index (χ1) is 19.8. The highest BCUT2D eigenvalue weighted by Gasteiger charge is 2.55. The van der Waals surface area contributed by atoms with Crippen molar-refractivity contribution in [3.63, 3.8) is 0 Å². The van der Waals surface area contributed by atoms with E-state index in [-0.39, 0.29) is 40.9 Å². The third-order valence-corrected chi connectivity index (χ3v) is 8.98. The minimum atomic E-state index is -0.624. The molecule has 41 heavy (non-hydrogen) atoms. The number of carbonyl (C=O) groups is 2. The third kappa shape index (κ3) is 5.19. The number of piperidine rings is 1. The van der Waals surface area contributed by atoms with E-state index in [4.69, 9.17) is 31.9 Å². The second-order valence-corrected chi connectivity index (χ2v) is 11.8. The highest BCUT2D eigenvalue weighted by Crippen LogP contribution is 2.49. The molecule has 216 valence electrons. The number of rotatable bonds is 7. The first-order valence-electron chi connectivity index (χ1n) is 14.1. The average molecular weight is 582 g/mol. The molecule has 3 aliphatic heterocycles. The number of hydrogen-bond acceptors (Lipinski definition) is 6. The number of amides is 2. The summed E-state index contributed by atoms with van der Waals surface area (Å²) >= 11 is 6.30. The second-order valence-electron chi connectivity index (χ2n) is 11.3. The van der Waals surface area contributed by atoms with E-state index in [1.165, 1.54) is 13.2 Å². The molecule has 2 bridgehead atoms. The van der Waals surface area contributed by atoms with Gasteiger partial charge in [0, 0.05) is 40.8 Å². The normalized spacial score (nSPS) is 25.7. The molecule has 0 radical (unpaired) electrons. The lowest BCUT2D eigenvalue weighted by molar-refractivity contribution is -0.125. The summed E-state index contributed by atoms with van der Waals surface area (Å²) in [5.74, 6) is -1.23. The molecule has 11 heteroatoms. The van der Waals surface area contributed by atoms with Crippen LogP contribution in [-0.4, -0.2) is 56.8 Å². The minimum absolute atomic E-state index is 0.162. The fourth-order valence-corrected chi connectivity index (χ4v) is 7.14. The number of nitrogens with zero attached hydrogens (tertiary/aromatic N) is 4. The van der Waals surface area contributed by atoms with Gasteiger partial charge >= 0.3 is 0 Å². The van der Waals surface area contributed by atoms with Crippen LogP contribution in [-0.2, 0) is 16.0 Å². The predicted octanol–water partition coefficient (Wildman–Crippen LogP) is 4.93. The summed E-state index contributed by atoms with van der Waals surface area (Å²) in [6.07, 6.45) is 6.22. The third-order valence-electron chi connectivity index (χ3n) is 8.74. The van der Waals surface area contributed by atoms with Gasteiger partial charge < -0.3 is 20.1 Å². The van der Waals surface area contributed by atoms with Gasteiger partial charge in [-0.15, -0.1) is 0 Å². The molecule has 0 saturated carbocycles. The lowest BCUT2D eigenvalue weighted by Gasteiger charge is -2.47. The largest absolute Gasteiger partial charge is 0.481 e. The van der Waals surface area contributed by atoms with Crippen LogP contribution in [0.4, 0.5) is 4.39 Å². The number of hydrogen-bond donors (Lipinski definition) is 1. The molecule has 9 nitrogen and oxygen atoms in total. The van der Waals surface area contributed by atoms with Crippen LogP contribution >= 0.6 is 11.6 Å². The van der Waals surface area contributed by atoms with E-state index in [9.17, 15) is 9.59 Å². The van der Waals surface area contributed by atoms with Crippen molar-refractivity contribution in [1.29, 1.82) is 0 Å². The molecule has 3 saturated heterocycles. The summed E-state index contributed by atoms with van der Waals surface area (Å²) < 4.78 is 28.0. The van der Waals surface area contributed by atoms with Crippen LogP contribution in [0.3, 0.4) is 0 Å². The van der Waals surface area contributed by atoms with Crippen LogP contribution in [0.2, 0.25) is 5.02 Å². The van der Waals surface area contributed by atoms with Crippen molar-refractivity contribution in [1.82, 2.24) is 19.7 Å². The van der Waals surface area contributed by atoms with Gasteiger partial charge in [0.05, 0.1) is 19.0 Å². The first kappa shape index (κ1) is 27.7. The standard InChI is InChI=1S/C30H33ClFN5O4/c1-40-26-13-22(23(32)17-34-26)25-14-24(35-37(25)27-7-2-3-10-41-27)29(39)36-21-8-9-30(36,16-19(12-21)28(33)38)15-18-5-4-6-20(31)11-18/h4-6,11,13-14,17,19,21,27H,2-3,7-10,12,15-16H2,1H3,(H2,33,38). The van der Waals surface area contributed by atoms with E-state index >= 15 is 4.39 Å². The number of halogens is 2. The zero-order valence-corrected chi connectivity index (χ0v) is 23.6. The second kappa shape index (κ2) is 11.1. The molecule has 1 aromatic carbocycles. The van der Waals surface area contributed by atoms with Crippen molar-refractivity contribution in [2.45, 2.75) is 69.2 Å². The lowest BCUT2D eigenvalue weighted by atomic mass is 9.77. The van der Waals surface area contributed by atoms with Crippen molar-refractivity contribution >= 4 is 23.4 Å². The summed E-state index contributed by atoms with van der Waals surface area (Å²) in [5.41, 5.74) is 6.99. The molecule has 2 N–H and O–H groups in total.